The van der Waals surface area contributed by atoms with Crippen LogP contribution in [0.2, 0.25) is 0 Å². The van der Waals surface area contributed by atoms with Crippen molar-refractivity contribution in [3.8, 4) is 11.4 Å². The molecule has 3 aromatic rings. The molecular formula is C18H15F3N6O3. The minimum atomic E-state index is -4.56. The van der Waals surface area contributed by atoms with Gasteiger partial charge in [-0.1, -0.05) is 5.16 Å². The minimum absolute atomic E-state index is 0.0509. The predicted octanol–water partition coefficient (Wildman–Crippen LogP) is 3.12. The first-order valence-corrected chi connectivity index (χ1v) is 8.41. The van der Waals surface area contributed by atoms with E-state index in [1.807, 2.05) is 0 Å². The van der Waals surface area contributed by atoms with E-state index in [1.54, 1.807) is 24.5 Å². The lowest BCUT2D eigenvalue weighted by molar-refractivity contribution is -0.138. The number of carboxylic acids is 1. The fourth-order valence-corrected chi connectivity index (χ4v) is 2.51. The van der Waals surface area contributed by atoms with Crippen LogP contribution in [0.1, 0.15) is 11.1 Å². The van der Waals surface area contributed by atoms with E-state index < -0.39 is 24.3 Å². The number of aromatic nitrogens is 3. The topological polar surface area (TPSA) is 117 Å². The number of nitrogens with one attached hydrogen (secondary N) is 1. The number of halogens is 3. The van der Waals surface area contributed by atoms with Crippen molar-refractivity contribution in [3.05, 3.63) is 53.9 Å². The van der Waals surface area contributed by atoms with E-state index in [1.165, 1.54) is 18.0 Å². The summed E-state index contributed by atoms with van der Waals surface area (Å²) in [4.78, 5) is 20.2. The monoisotopic (exact) mass is 420 g/mol. The Morgan fingerprint density at radius 2 is 2.03 bits per heavy atom. The number of hydrogen-bond donors (Lipinski definition) is 2. The second kappa shape index (κ2) is 8.59. The van der Waals surface area contributed by atoms with Crippen molar-refractivity contribution in [2.45, 2.75) is 6.18 Å². The van der Waals surface area contributed by atoms with Gasteiger partial charge < -0.3 is 14.5 Å². The molecule has 0 radical (unpaired) electrons. The zero-order valence-corrected chi connectivity index (χ0v) is 15.5. The van der Waals surface area contributed by atoms with Crippen LogP contribution in [-0.2, 0) is 11.0 Å². The maximum Gasteiger partial charge on any atom is 0.416 e. The van der Waals surface area contributed by atoms with E-state index in [9.17, 15) is 18.0 Å². The normalized spacial score (nSPS) is 11.6. The summed E-state index contributed by atoms with van der Waals surface area (Å²) in [5, 5.41) is 16.5. The molecular weight excluding hydrogens is 405 g/mol. The van der Waals surface area contributed by atoms with Crippen LogP contribution in [0, 0.1) is 0 Å². The van der Waals surface area contributed by atoms with Crippen LogP contribution in [0.3, 0.4) is 0 Å². The third kappa shape index (κ3) is 5.10. The molecule has 0 saturated carbocycles. The Hall–Kier alpha value is -3.96. The molecule has 9 nitrogen and oxygen atoms in total. The first-order chi connectivity index (χ1) is 14.2. The SMILES string of the molecule is CN(CC(=O)O)c1ccc(C(F)(F)F)cc1C=NNc1nc(-c2ccncc2)no1. The predicted molar refractivity (Wildman–Crippen MR) is 101 cm³/mol. The molecule has 0 spiro atoms. The molecule has 0 fully saturated rings. The summed E-state index contributed by atoms with van der Waals surface area (Å²) in [5.74, 6) is -0.857. The first kappa shape index (κ1) is 20.8. The van der Waals surface area contributed by atoms with Crippen molar-refractivity contribution in [2.24, 2.45) is 5.10 Å². The summed E-state index contributed by atoms with van der Waals surface area (Å²) in [6.45, 7) is -0.404. The Kier molecular flexibility index (Phi) is 5.95. The maximum atomic E-state index is 13.1. The van der Waals surface area contributed by atoms with Crippen molar-refractivity contribution in [2.75, 3.05) is 23.9 Å². The number of carboxylic acid groups (broad SMARTS) is 1. The van der Waals surface area contributed by atoms with Gasteiger partial charge in [-0.2, -0.15) is 23.3 Å². The fraction of sp³-hybridized carbons (Fsp3) is 0.167. The van der Waals surface area contributed by atoms with E-state index in [-0.39, 0.29) is 23.1 Å². The lowest BCUT2D eigenvalue weighted by Gasteiger charge is -2.20. The smallest absolute Gasteiger partial charge is 0.416 e. The molecule has 2 aromatic heterocycles. The van der Waals surface area contributed by atoms with Gasteiger partial charge in [-0.3, -0.25) is 9.78 Å². The van der Waals surface area contributed by atoms with Crippen molar-refractivity contribution >= 4 is 23.9 Å². The highest BCUT2D eigenvalue weighted by atomic mass is 19.4. The zero-order chi connectivity index (χ0) is 21.7. The molecule has 0 bridgehead atoms. The van der Waals surface area contributed by atoms with Crippen molar-refractivity contribution in [3.63, 3.8) is 0 Å². The van der Waals surface area contributed by atoms with Gasteiger partial charge in [0, 0.05) is 36.3 Å². The van der Waals surface area contributed by atoms with Crippen molar-refractivity contribution in [1.29, 1.82) is 0 Å². The first-order valence-electron chi connectivity index (χ1n) is 8.41. The molecule has 30 heavy (non-hydrogen) atoms. The highest BCUT2D eigenvalue weighted by molar-refractivity contribution is 5.89. The number of aliphatic carboxylic acids is 1. The lowest BCUT2D eigenvalue weighted by Crippen LogP contribution is -2.26. The van der Waals surface area contributed by atoms with E-state index in [0.29, 0.717) is 5.56 Å². The Labute approximate surface area is 167 Å². The summed E-state index contributed by atoms with van der Waals surface area (Å²) >= 11 is 0. The average Bonchev–Trinajstić information content (AvgIpc) is 3.16. The Morgan fingerprint density at radius 1 is 1.30 bits per heavy atom. The molecule has 3 rings (SSSR count). The number of hydrogen-bond acceptors (Lipinski definition) is 8. The Balaban J connectivity index is 1.82. The third-order valence-corrected chi connectivity index (χ3v) is 3.87. The van der Waals surface area contributed by atoms with Gasteiger partial charge in [0.15, 0.2) is 0 Å². The number of likely N-dealkylation sites (N-methyl/N-ethyl adjacent to an activating group) is 1. The summed E-state index contributed by atoms with van der Waals surface area (Å²) in [7, 11) is 1.44. The zero-order valence-electron chi connectivity index (χ0n) is 15.5. The van der Waals surface area contributed by atoms with Gasteiger partial charge in [-0.15, -0.1) is 0 Å². The summed E-state index contributed by atoms with van der Waals surface area (Å²) < 4.78 is 44.2. The van der Waals surface area contributed by atoms with Crippen LogP contribution in [0.4, 0.5) is 24.9 Å². The Morgan fingerprint density at radius 3 is 2.70 bits per heavy atom. The highest BCUT2D eigenvalue weighted by Gasteiger charge is 2.31. The van der Waals surface area contributed by atoms with Crippen LogP contribution in [0.5, 0.6) is 0 Å². The molecule has 0 unspecified atom stereocenters. The quantitative estimate of drug-likeness (QED) is 0.442. The van der Waals surface area contributed by atoms with E-state index in [4.69, 9.17) is 9.63 Å². The standard InChI is InChI=1S/C18H15F3N6O3/c1-27(10-15(28)29)14-3-2-13(18(19,20)21)8-12(14)9-23-25-17-24-16(26-30-17)11-4-6-22-7-5-11/h2-9H,10H2,1H3,(H,28,29)(H,24,25,26). The molecule has 0 amide bonds. The van der Waals surface area contributed by atoms with Crippen molar-refractivity contribution < 1.29 is 27.6 Å². The second-order valence-corrected chi connectivity index (χ2v) is 6.05. The fourth-order valence-electron chi connectivity index (χ4n) is 2.51. The molecule has 12 heteroatoms. The molecule has 0 aliphatic rings. The van der Waals surface area contributed by atoms with Crippen LogP contribution in [-0.4, -0.2) is 46.0 Å². The minimum Gasteiger partial charge on any atom is -0.480 e. The maximum absolute atomic E-state index is 13.1. The number of benzene rings is 1. The molecule has 0 aliphatic carbocycles. The summed E-state index contributed by atoms with van der Waals surface area (Å²) in [6, 6.07) is 6.19. The molecule has 0 saturated heterocycles. The van der Waals surface area contributed by atoms with Crippen LogP contribution < -0.4 is 10.3 Å². The molecule has 0 aliphatic heterocycles. The van der Waals surface area contributed by atoms with E-state index in [0.717, 1.165) is 18.3 Å². The number of nitrogens with zero attached hydrogens (tertiary/aromatic N) is 5. The van der Waals surface area contributed by atoms with Crippen LogP contribution in [0.15, 0.2) is 52.4 Å². The number of hydrazone groups is 1. The second-order valence-electron chi connectivity index (χ2n) is 6.05. The number of anilines is 2. The van der Waals surface area contributed by atoms with Gasteiger partial charge >= 0.3 is 18.2 Å². The van der Waals surface area contributed by atoms with E-state index >= 15 is 0 Å². The average molecular weight is 420 g/mol. The molecule has 1 aromatic carbocycles. The number of rotatable bonds is 7. The van der Waals surface area contributed by atoms with Gasteiger partial charge in [-0.05, 0) is 30.3 Å². The third-order valence-electron chi connectivity index (χ3n) is 3.87. The largest absolute Gasteiger partial charge is 0.480 e. The number of pyridine rings is 1. The molecule has 156 valence electrons. The summed E-state index contributed by atoms with van der Waals surface area (Å²) in [5.41, 5.74) is 2.51. The number of carbonyl (C=O) groups is 1. The molecule has 2 heterocycles. The van der Waals surface area contributed by atoms with Crippen molar-refractivity contribution in [1.82, 2.24) is 15.1 Å². The summed E-state index contributed by atoms with van der Waals surface area (Å²) in [6.07, 6.45) is -0.343. The van der Waals surface area contributed by atoms with Gasteiger partial charge in [0.1, 0.15) is 6.54 Å². The van der Waals surface area contributed by atoms with Crippen LogP contribution in [0.25, 0.3) is 11.4 Å². The molecule has 0 atom stereocenters. The molecule has 2 N–H and O–H groups in total. The lowest BCUT2D eigenvalue weighted by atomic mass is 10.1. The Bertz CT molecular complexity index is 1050. The van der Waals surface area contributed by atoms with Gasteiger partial charge in [0.05, 0.1) is 11.8 Å². The highest BCUT2D eigenvalue weighted by Crippen LogP contribution is 2.32. The van der Waals surface area contributed by atoms with Crippen LogP contribution >= 0.6 is 0 Å². The number of alkyl halides is 3. The van der Waals surface area contributed by atoms with Gasteiger partial charge in [0.25, 0.3) is 0 Å². The van der Waals surface area contributed by atoms with Gasteiger partial charge in [-0.25, -0.2) is 5.43 Å². The van der Waals surface area contributed by atoms with Gasteiger partial charge in [0.2, 0.25) is 5.82 Å². The van der Waals surface area contributed by atoms with E-state index in [2.05, 4.69) is 25.7 Å².